The molecule has 0 spiro atoms. The fourth-order valence-electron chi connectivity index (χ4n) is 0.284. The van der Waals surface area contributed by atoms with Crippen LogP contribution in [0.15, 0.2) is 0 Å². The third kappa shape index (κ3) is 3.61. The van der Waals surface area contributed by atoms with Crippen molar-refractivity contribution >= 4 is 5.97 Å². The van der Waals surface area contributed by atoms with Crippen LogP contribution >= 0.6 is 0 Å². The molecule has 0 unspecified atom stereocenters. The van der Waals surface area contributed by atoms with Gasteiger partial charge in [-0.25, -0.2) is 0 Å². The number of esters is 1. The molecule has 0 aliphatic carbocycles. The zero-order chi connectivity index (χ0) is 7.28. The number of carbonyl (C=O) groups is 1. The van der Waals surface area contributed by atoms with Crippen LogP contribution in [-0.2, 0) is 9.53 Å². The number of rotatable bonds is 3. The molecule has 0 aromatic rings. The summed E-state index contributed by atoms with van der Waals surface area (Å²) in [5.74, 6) is -0.388. The molecule has 0 saturated heterocycles. The van der Waals surface area contributed by atoms with Gasteiger partial charge >= 0.3 is 5.97 Å². The summed E-state index contributed by atoms with van der Waals surface area (Å²) in [7, 11) is 1.28. The Kier molecular flexibility index (Phi) is 3.19. The molecule has 0 aliphatic heterocycles. The lowest BCUT2D eigenvalue weighted by Gasteiger charge is -1.93. The Morgan fingerprint density at radius 2 is 2.62 bits per heavy atom. The first-order chi connectivity index (χ1) is 4.16. The predicted octanol–water partition coefficient (Wildman–Crippen LogP) is -0.0681. The van der Waals surface area contributed by atoms with Crippen molar-refractivity contribution in [2.75, 3.05) is 13.7 Å². The minimum absolute atomic E-state index is 0.112. The molecule has 0 radical (unpaired) electrons. The second-order valence-electron chi connectivity index (χ2n) is 1.30. The van der Waals surface area contributed by atoms with Crippen molar-refractivity contribution < 1.29 is 16.0 Å². The summed E-state index contributed by atoms with van der Waals surface area (Å²) in [6, 6.07) is 0. The van der Waals surface area contributed by atoms with E-state index in [2.05, 4.69) is 4.74 Å². The summed E-state index contributed by atoms with van der Waals surface area (Å²) in [5, 5.41) is 8.36. The first-order valence-corrected chi connectivity index (χ1v) is 2.34. The first-order valence-electron chi connectivity index (χ1n) is 2.91. The average molecular weight is 119 g/mol. The molecule has 3 heteroatoms. The van der Waals surface area contributed by atoms with Gasteiger partial charge in [0.25, 0.3) is 0 Å². The van der Waals surface area contributed by atoms with Crippen LogP contribution in [-0.4, -0.2) is 24.8 Å². The normalized spacial score (nSPS) is 14.5. The van der Waals surface area contributed by atoms with Crippen molar-refractivity contribution in [3.8, 4) is 0 Å². The van der Waals surface area contributed by atoms with Crippen LogP contribution in [0.2, 0.25) is 0 Å². The van der Waals surface area contributed by atoms with Gasteiger partial charge in [-0.15, -0.1) is 0 Å². The van der Waals surface area contributed by atoms with Gasteiger partial charge in [0.05, 0.1) is 8.48 Å². The summed E-state index contributed by atoms with van der Waals surface area (Å²) < 4.78 is 10.9. The molecule has 0 heterocycles. The molecule has 3 nitrogen and oxygen atoms in total. The Morgan fingerprint density at radius 3 is 3.00 bits per heavy atom. The molecular weight excluding hydrogens is 108 g/mol. The zero-order valence-corrected chi connectivity index (χ0v) is 4.76. The lowest BCUT2D eigenvalue weighted by molar-refractivity contribution is -0.140. The minimum atomic E-state index is -1.16. The summed E-state index contributed by atoms with van der Waals surface area (Å²) in [5.41, 5.74) is 0. The highest BCUT2D eigenvalue weighted by molar-refractivity contribution is 5.68. The fraction of sp³-hybridized carbons (Fsp3) is 0.800. The van der Waals surface area contributed by atoms with E-state index in [1.165, 1.54) is 7.11 Å². The second-order valence-corrected chi connectivity index (χ2v) is 1.30. The Balaban J connectivity index is 3.17. The van der Waals surface area contributed by atoms with E-state index in [-0.39, 0.29) is 18.8 Å². The number of hydrogen-bond donors (Lipinski definition) is 1. The van der Waals surface area contributed by atoms with E-state index in [9.17, 15) is 4.79 Å². The molecule has 0 bridgehead atoms. The zero-order valence-electron chi connectivity index (χ0n) is 5.76. The fourth-order valence-corrected chi connectivity index (χ4v) is 0.284. The molecular formula is C5H10O3. The maximum atomic E-state index is 10.3. The Hall–Kier alpha value is -0.570. The van der Waals surface area contributed by atoms with E-state index in [0.29, 0.717) is 0 Å². The number of methoxy groups -OCH3 is 1. The Morgan fingerprint density at radius 1 is 2.00 bits per heavy atom. The van der Waals surface area contributed by atoms with E-state index >= 15 is 0 Å². The van der Waals surface area contributed by atoms with Crippen molar-refractivity contribution in [2.24, 2.45) is 0 Å². The smallest absolute Gasteiger partial charge is 0.305 e. The van der Waals surface area contributed by atoms with Crippen molar-refractivity contribution in [3.63, 3.8) is 0 Å². The van der Waals surface area contributed by atoms with Gasteiger partial charge in [-0.1, -0.05) is 0 Å². The molecule has 0 fully saturated rings. The van der Waals surface area contributed by atoms with E-state index < -0.39 is 6.58 Å². The van der Waals surface area contributed by atoms with Gasteiger partial charge in [0.15, 0.2) is 0 Å². The van der Waals surface area contributed by atoms with Crippen molar-refractivity contribution in [1.29, 1.82) is 0 Å². The Labute approximate surface area is 49.7 Å². The van der Waals surface area contributed by atoms with E-state index in [0.717, 1.165) is 0 Å². The minimum Gasteiger partial charge on any atom is -0.469 e. The van der Waals surface area contributed by atoms with Crippen LogP contribution < -0.4 is 0 Å². The maximum Gasteiger partial charge on any atom is 0.305 e. The van der Waals surface area contributed by atoms with Gasteiger partial charge in [-0.3, -0.25) is 4.79 Å². The largest absolute Gasteiger partial charge is 0.469 e. The van der Waals surface area contributed by atoms with Gasteiger partial charge in [0.2, 0.25) is 0 Å². The maximum absolute atomic E-state index is 10.3. The topological polar surface area (TPSA) is 46.5 Å². The van der Waals surface area contributed by atoms with Crippen LogP contribution in [0.3, 0.4) is 0 Å². The number of hydrogen-bond acceptors (Lipinski definition) is 3. The van der Waals surface area contributed by atoms with Crippen molar-refractivity contribution in [1.82, 2.24) is 0 Å². The lowest BCUT2D eigenvalue weighted by atomic mass is 10.3. The number of carbonyl (C=O) groups excluding carboxylic acids is 1. The van der Waals surface area contributed by atoms with Gasteiger partial charge in [-0.05, 0) is 6.42 Å². The molecule has 0 rings (SSSR count). The van der Waals surface area contributed by atoms with Crippen molar-refractivity contribution in [3.05, 3.63) is 0 Å². The van der Waals surface area contributed by atoms with E-state index in [1.807, 2.05) is 0 Å². The van der Waals surface area contributed by atoms with Crippen LogP contribution in [0.25, 0.3) is 0 Å². The third-order valence-corrected chi connectivity index (χ3v) is 0.705. The van der Waals surface area contributed by atoms with Crippen LogP contribution in [0.5, 0.6) is 0 Å². The monoisotopic (exact) mass is 119 g/mol. The standard InChI is InChI=1S/C5H10O3/c1-8-5(7)3-2-4-6/h6H,2-4H2,1H3/i4D/t4-/m0/s1. The molecule has 48 valence electrons. The molecule has 0 aromatic carbocycles. The first kappa shape index (κ1) is 5.56. The highest BCUT2D eigenvalue weighted by Crippen LogP contribution is 1.87. The highest BCUT2D eigenvalue weighted by atomic mass is 16.5. The summed E-state index contributed by atoms with van der Waals surface area (Å²) in [6.07, 6.45) is 0.258. The molecule has 8 heavy (non-hydrogen) atoms. The van der Waals surface area contributed by atoms with Crippen LogP contribution in [0.4, 0.5) is 0 Å². The van der Waals surface area contributed by atoms with E-state index in [4.69, 9.17) is 6.48 Å². The summed E-state index contributed by atoms with van der Waals surface area (Å²) in [4.78, 5) is 10.3. The molecule has 0 saturated carbocycles. The average Bonchev–Trinajstić information content (AvgIpc) is 1.83. The van der Waals surface area contributed by atoms with Crippen molar-refractivity contribution in [2.45, 2.75) is 12.8 Å². The Bertz CT molecular complexity index is 92.2. The summed E-state index contributed by atoms with van der Waals surface area (Å²) >= 11 is 0. The van der Waals surface area contributed by atoms with E-state index in [1.54, 1.807) is 0 Å². The van der Waals surface area contributed by atoms with Gasteiger partial charge in [-0.2, -0.15) is 0 Å². The van der Waals surface area contributed by atoms with Gasteiger partial charge < -0.3 is 9.84 Å². The molecule has 0 aromatic heterocycles. The number of aliphatic hydroxyl groups is 1. The SMILES string of the molecule is [2H][C@H](O)CCC(=O)OC. The van der Waals surface area contributed by atoms with Crippen LogP contribution in [0, 0.1) is 0 Å². The second kappa shape index (κ2) is 4.59. The highest BCUT2D eigenvalue weighted by Gasteiger charge is 1.95. The summed E-state index contributed by atoms with van der Waals surface area (Å²) in [6.45, 7) is -1.16. The predicted molar refractivity (Wildman–Crippen MR) is 28.3 cm³/mol. The van der Waals surface area contributed by atoms with Crippen LogP contribution in [0.1, 0.15) is 14.2 Å². The van der Waals surface area contributed by atoms with Gasteiger partial charge in [0.1, 0.15) is 0 Å². The number of ether oxygens (including phenoxy) is 1. The quantitative estimate of drug-likeness (QED) is 0.529. The lowest BCUT2D eigenvalue weighted by Crippen LogP contribution is -2.00. The molecule has 1 atom stereocenters. The molecule has 0 amide bonds. The molecule has 0 aliphatic rings. The van der Waals surface area contributed by atoms with Gasteiger partial charge in [0, 0.05) is 13.0 Å². The third-order valence-electron chi connectivity index (χ3n) is 0.705. The molecule has 1 N–H and O–H groups in total. The number of aliphatic hydroxyl groups excluding tert-OH is 1.